The Kier molecular flexibility index (Phi) is 11.3. The van der Waals surface area contributed by atoms with E-state index < -0.39 is 6.04 Å². The van der Waals surface area contributed by atoms with E-state index in [-0.39, 0.29) is 30.8 Å². The summed E-state index contributed by atoms with van der Waals surface area (Å²) in [5, 5.41) is 3.85. The largest absolute Gasteiger partial charge is 0.497 e. The van der Waals surface area contributed by atoms with Crippen LogP contribution in [0.4, 0.5) is 0 Å². The van der Waals surface area contributed by atoms with Gasteiger partial charge in [0.15, 0.2) is 0 Å². The molecule has 2 amide bonds. The maximum Gasteiger partial charge on any atom is 0.243 e. The van der Waals surface area contributed by atoms with Gasteiger partial charge in [0.2, 0.25) is 11.8 Å². The first-order valence-electron chi connectivity index (χ1n) is 14.2. The normalized spacial score (nSPS) is 14.2. The second kappa shape index (κ2) is 15.3. The van der Waals surface area contributed by atoms with E-state index in [0.717, 1.165) is 48.3 Å². The highest BCUT2D eigenvalue weighted by Crippen LogP contribution is 2.23. The summed E-state index contributed by atoms with van der Waals surface area (Å²) in [7, 11) is 1.62. The molecule has 1 aliphatic carbocycles. The maximum atomic E-state index is 13.8. The first-order chi connectivity index (χ1) is 19.5. The Morgan fingerprint density at radius 2 is 1.60 bits per heavy atom. The van der Waals surface area contributed by atoms with E-state index in [9.17, 15) is 9.59 Å². The minimum atomic E-state index is -0.657. The van der Waals surface area contributed by atoms with E-state index in [1.165, 1.54) is 6.42 Å². The third kappa shape index (κ3) is 8.75. The Morgan fingerprint density at radius 1 is 0.925 bits per heavy atom. The number of amides is 2. The SMILES string of the molecule is COc1ccc(OCCCC(=O)N(Cc2ccccc2Cl)[C@@H](Cc2ccccc2)C(=O)NC2CCCCC2)cc1. The minimum Gasteiger partial charge on any atom is -0.497 e. The van der Waals surface area contributed by atoms with Crippen molar-refractivity contribution in [3.63, 3.8) is 0 Å². The van der Waals surface area contributed by atoms with Crippen LogP contribution < -0.4 is 14.8 Å². The molecule has 1 aliphatic rings. The zero-order chi connectivity index (χ0) is 28.2. The monoisotopic (exact) mass is 562 g/mol. The van der Waals surface area contributed by atoms with Crippen molar-refractivity contribution in [3.05, 3.63) is 95.0 Å². The number of nitrogens with one attached hydrogen (secondary N) is 1. The lowest BCUT2D eigenvalue weighted by Gasteiger charge is -2.33. The summed E-state index contributed by atoms with van der Waals surface area (Å²) in [4.78, 5) is 29.4. The van der Waals surface area contributed by atoms with Crippen molar-refractivity contribution >= 4 is 23.4 Å². The van der Waals surface area contributed by atoms with Crippen LogP contribution >= 0.6 is 11.6 Å². The molecule has 0 aliphatic heterocycles. The number of methoxy groups -OCH3 is 1. The van der Waals surface area contributed by atoms with E-state index >= 15 is 0 Å². The average molecular weight is 563 g/mol. The Balaban J connectivity index is 1.51. The fraction of sp³-hybridized carbons (Fsp3) is 0.394. The molecule has 0 unspecified atom stereocenters. The van der Waals surface area contributed by atoms with Gasteiger partial charge in [-0.25, -0.2) is 0 Å². The summed E-state index contributed by atoms with van der Waals surface area (Å²) in [6, 6.07) is 24.2. The molecule has 0 heterocycles. The lowest BCUT2D eigenvalue weighted by atomic mass is 9.94. The number of nitrogens with zero attached hydrogens (tertiary/aromatic N) is 1. The third-order valence-electron chi connectivity index (χ3n) is 7.38. The third-order valence-corrected chi connectivity index (χ3v) is 7.75. The number of halogens is 1. The van der Waals surface area contributed by atoms with Crippen LogP contribution in [-0.4, -0.2) is 42.5 Å². The highest BCUT2D eigenvalue weighted by atomic mass is 35.5. The molecule has 3 aromatic rings. The molecule has 0 spiro atoms. The van der Waals surface area contributed by atoms with Gasteiger partial charge in [0.05, 0.1) is 13.7 Å². The smallest absolute Gasteiger partial charge is 0.243 e. The fourth-order valence-corrected chi connectivity index (χ4v) is 5.33. The number of ether oxygens (including phenoxy) is 2. The number of carbonyl (C=O) groups excluding carboxylic acids is 2. The molecule has 1 N–H and O–H groups in total. The van der Waals surface area contributed by atoms with Gasteiger partial charge in [-0.1, -0.05) is 79.4 Å². The second-order valence-corrected chi connectivity index (χ2v) is 10.7. The van der Waals surface area contributed by atoms with E-state index in [2.05, 4.69) is 5.32 Å². The zero-order valence-corrected chi connectivity index (χ0v) is 23.9. The minimum absolute atomic E-state index is 0.0991. The molecule has 3 aromatic carbocycles. The molecule has 1 atom stereocenters. The van der Waals surface area contributed by atoms with Crippen molar-refractivity contribution in [2.45, 2.75) is 70.0 Å². The molecule has 40 heavy (non-hydrogen) atoms. The summed E-state index contributed by atoms with van der Waals surface area (Å²) in [5.41, 5.74) is 1.82. The van der Waals surface area contributed by atoms with Gasteiger partial charge in [-0.15, -0.1) is 0 Å². The number of benzene rings is 3. The van der Waals surface area contributed by atoms with Gasteiger partial charge in [-0.2, -0.15) is 0 Å². The van der Waals surface area contributed by atoms with E-state index in [1.54, 1.807) is 12.0 Å². The second-order valence-electron chi connectivity index (χ2n) is 10.3. The maximum absolute atomic E-state index is 13.8. The van der Waals surface area contributed by atoms with Crippen LogP contribution in [0, 0.1) is 0 Å². The lowest BCUT2D eigenvalue weighted by Crippen LogP contribution is -2.52. The van der Waals surface area contributed by atoms with Gasteiger partial charge in [0.1, 0.15) is 17.5 Å². The summed E-state index contributed by atoms with van der Waals surface area (Å²) in [6.45, 7) is 0.642. The Hall–Kier alpha value is -3.51. The van der Waals surface area contributed by atoms with Crippen LogP contribution in [0.5, 0.6) is 11.5 Å². The Bertz CT molecular complexity index is 1210. The highest BCUT2D eigenvalue weighted by molar-refractivity contribution is 6.31. The first kappa shape index (κ1) is 29.5. The molecular weight excluding hydrogens is 524 g/mol. The quantitative estimate of drug-likeness (QED) is 0.238. The molecule has 1 saturated carbocycles. The van der Waals surface area contributed by atoms with Crippen LogP contribution in [-0.2, 0) is 22.6 Å². The zero-order valence-electron chi connectivity index (χ0n) is 23.2. The van der Waals surface area contributed by atoms with Gasteiger partial charge < -0.3 is 19.7 Å². The van der Waals surface area contributed by atoms with Crippen LogP contribution in [0.2, 0.25) is 5.02 Å². The predicted octanol–water partition coefficient (Wildman–Crippen LogP) is 6.60. The standard InChI is InChI=1S/C33H39ClN2O4/c1-39-28-18-20-29(21-19-28)40-22-10-17-32(37)36(24-26-13-8-9-16-30(26)34)31(23-25-11-4-2-5-12-25)33(38)35-27-14-6-3-7-15-27/h2,4-5,8-9,11-13,16,18-21,27,31H,3,6-7,10,14-15,17,22-24H2,1H3,(H,35,38)/t31-/m0/s1. The summed E-state index contributed by atoms with van der Waals surface area (Å²) >= 11 is 6.52. The van der Waals surface area contributed by atoms with E-state index in [0.29, 0.717) is 24.5 Å². The topological polar surface area (TPSA) is 67.9 Å². The predicted molar refractivity (Wildman–Crippen MR) is 159 cm³/mol. The van der Waals surface area contributed by atoms with Crippen molar-refractivity contribution in [1.29, 1.82) is 0 Å². The van der Waals surface area contributed by atoms with E-state index in [1.807, 2.05) is 78.9 Å². The van der Waals surface area contributed by atoms with Crippen LogP contribution in [0.25, 0.3) is 0 Å². The van der Waals surface area contributed by atoms with Crippen LogP contribution in [0.3, 0.4) is 0 Å². The molecule has 6 nitrogen and oxygen atoms in total. The highest BCUT2D eigenvalue weighted by Gasteiger charge is 2.32. The molecule has 4 rings (SSSR count). The van der Waals surface area contributed by atoms with Crippen molar-refractivity contribution in [1.82, 2.24) is 10.2 Å². The molecule has 0 radical (unpaired) electrons. The fourth-order valence-electron chi connectivity index (χ4n) is 5.14. The molecular formula is C33H39ClN2O4. The summed E-state index contributed by atoms with van der Waals surface area (Å²) < 4.78 is 11.0. The number of carbonyl (C=O) groups is 2. The summed E-state index contributed by atoms with van der Waals surface area (Å²) in [5.74, 6) is 1.27. The van der Waals surface area contributed by atoms with Crippen molar-refractivity contribution < 1.29 is 19.1 Å². The Labute approximate surface area is 242 Å². The van der Waals surface area contributed by atoms with Gasteiger partial charge in [-0.3, -0.25) is 9.59 Å². The van der Waals surface area contributed by atoms with Crippen LogP contribution in [0.1, 0.15) is 56.1 Å². The van der Waals surface area contributed by atoms with Crippen molar-refractivity contribution in [2.24, 2.45) is 0 Å². The average Bonchev–Trinajstić information content (AvgIpc) is 2.99. The summed E-state index contributed by atoms with van der Waals surface area (Å²) in [6.07, 6.45) is 6.59. The Morgan fingerprint density at radius 3 is 2.30 bits per heavy atom. The molecule has 212 valence electrons. The van der Waals surface area contributed by atoms with Gasteiger partial charge in [-0.05, 0) is 60.7 Å². The molecule has 0 saturated heterocycles. The van der Waals surface area contributed by atoms with Crippen LogP contribution in [0.15, 0.2) is 78.9 Å². The van der Waals surface area contributed by atoms with Crippen molar-refractivity contribution in [2.75, 3.05) is 13.7 Å². The van der Waals surface area contributed by atoms with Gasteiger partial charge >= 0.3 is 0 Å². The van der Waals surface area contributed by atoms with Crippen molar-refractivity contribution in [3.8, 4) is 11.5 Å². The van der Waals surface area contributed by atoms with Gasteiger partial charge in [0.25, 0.3) is 0 Å². The molecule has 0 aromatic heterocycles. The number of rotatable bonds is 13. The van der Waals surface area contributed by atoms with Gasteiger partial charge in [0, 0.05) is 30.5 Å². The number of hydrogen-bond donors (Lipinski definition) is 1. The van der Waals surface area contributed by atoms with E-state index in [4.69, 9.17) is 21.1 Å². The lowest BCUT2D eigenvalue weighted by molar-refractivity contribution is -0.141. The molecule has 1 fully saturated rings. The first-order valence-corrected chi connectivity index (χ1v) is 14.6. The number of hydrogen-bond acceptors (Lipinski definition) is 4. The molecule has 7 heteroatoms. The molecule has 0 bridgehead atoms.